The Kier molecular flexibility index (Phi) is 9.35. The first kappa shape index (κ1) is 31.4. The minimum absolute atomic E-state index is 0.0113. The van der Waals surface area contributed by atoms with Crippen LogP contribution in [0.4, 0.5) is 34.9 Å². The van der Waals surface area contributed by atoms with Gasteiger partial charge in [0.1, 0.15) is 28.6 Å². The van der Waals surface area contributed by atoms with E-state index in [-0.39, 0.29) is 50.5 Å². The lowest BCUT2D eigenvalue weighted by Gasteiger charge is -2.25. The number of alkyl halides is 3. The molecule has 226 valence electrons. The van der Waals surface area contributed by atoms with E-state index in [0.717, 1.165) is 18.3 Å². The number of ether oxygens (including phenoxy) is 2. The van der Waals surface area contributed by atoms with Crippen LogP contribution >= 0.6 is 11.6 Å². The second kappa shape index (κ2) is 12.8. The van der Waals surface area contributed by atoms with Crippen molar-refractivity contribution in [2.75, 3.05) is 23.3 Å². The molecule has 0 radical (unpaired) electrons. The van der Waals surface area contributed by atoms with Crippen LogP contribution in [0.2, 0.25) is 5.02 Å². The van der Waals surface area contributed by atoms with E-state index in [4.69, 9.17) is 16.3 Å². The fourth-order valence-corrected chi connectivity index (χ4v) is 5.02. The largest absolute Gasteiger partial charge is 0.495 e. The summed E-state index contributed by atoms with van der Waals surface area (Å²) < 4.78 is 90.0. The lowest BCUT2D eigenvalue weighted by molar-refractivity contribution is -0.153. The molecule has 0 aliphatic heterocycles. The van der Waals surface area contributed by atoms with Crippen molar-refractivity contribution in [1.82, 2.24) is 15.0 Å². The molecule has 0 saturated heterocycles. The fourth-order valence-electron chi connectivity index (χ4n) is 3.80. The molecular formula is C27H22ClF4N5O5S. The molecule has 4 rings (SSSR count). The molecule has 0 bridgehead atoms. The van der Waals surface area contributed by atoms with Crippen LogP contribution in [0.25, 0.3) is 11.1 Å². The van der Waals surface area contributed by atoms with Crippen LogP contribution in [-0.2, 0) is 14.8 Å². The van der Waals surface area contributed by atoms with Crippen LogP contribution in [0.1, 0.15) is 13.3 Å². The third-order valence-electron chi connectivity index (χ3n) is 5.78. The van der Waals surface area contributed by atoms with E-state index < -0.39 is 40.3 Å². The summed E-state index contributed by atoms with van der Waals surface area (Å²) in [7, 11) is -2.76. The minimum Gasteiger partial charge on any atom is -0.495 e. The monoisotopic (exact) mass is 639 g/mol. The van der Waals surface area contributed by atoms with Gasteiger partial charge in [-0.05, 0) is 48.0 Å². The lowest BCUT2D eigenvalue weighted by Crippen LogP contribution is -2.26. The van der Waals surface area contributed by atoms with Crippen LogP contribution in [0.5, 0.6) is 11.5 Å². The number of rotatable bonds is 10. The summed E-state index contributed by atoms with van der Waals surface area (Å²) >= 11 is 6.55. The SMILES string of the molecule is CCC(=O)N(c1ccc(S(=O)(=O)Nc2ccncn2)cn1)c1cc(Cl)c(-c2ccc(F)c(OCC(F)(F)F)c2)cc1OC. The van der Waals surface area contributed by atoms with Crippen LogP contribution in [-0.4, -0.2) is 49.2 Å². The Morgan fingerprint density at radius 2 is 1.84 bits per heavy atom. The van der Waals surface area contributed by atoms with Gasteiger partial charge >= 0.3 is 6.18 Å². The van der Waals surface area contributed by atoms with Crippen molar-refractivity contribution in [3.63, 3.8) is 0 Å². The number of methoxy groups -OCH3 is 1. The van der Waals surface area contributed by atoms with E-state index in [1.54, 1.807) is 6.92 Å². The van der Waals surface area contributed by atoms with Gasteiger partial charge in [0.05, 0.1) is 17.8 Å². The number of pyridine rings is 1. The molecule has 0 atom stereocenters. The molecule has 2 aromatic carbocycles. The van der Waals surface area contributed by atoms with Gasteiger partial charge in [-0.2, -0.15) is 13.2 Å². The highest BCUT2D eigenvalue weighted by molar-refractivity contribution is 7.92. The average molecular weight is 640 g/mol. The third-order valence-corrected chi connectivity index (χ3v) is 7.43. The Balaban J connectivity index is 1.71. The van der Waals surface area contributed by atoms with Crippen LogP contribution in [0.15, 0.2) is 72.1 Å². The van der Waals surface area contributed by atoms with Crippen molar-refractivity contribution in [2.45, 2.75) is 24.4 Å². The van der Waals surface area contributed by atoms with Gasteiger partial charge < -0.3 is 9.47 Å². The van der Waals surface area contributed by atoms with Gasteiger partial charge in [-0.3, -0.25) is 14.4 Å². The molecule has 16 heteroatoms. The quantitative estimate of drug-likeness (QED) is 0.205. The zero-order chi connectivity index (χ0) is 31.4. The predicted molar refractivity (Wildman–Crippen MR) is 149 cm³/mol. The highest BCUT2D eigenvalue weighted by Gasteiger charge is 2.29. The van der Waals surface area contributed by atoms with Gasteiger partial charge in [-0.15, -0.1) is 0 Å². The lowest BCUT2D eigenvalue weighted by atomic mass is 10.0. The summed E-state index contributed by atoms with van der Waals surface area (Å²) in [5.74, 6) is -1.90. The van der Waals surface area contributed by atoms with Crippen molar-refractivity contribution >= 4 is 44.9 Å². The molecule has 1 amide bonds. The van der Waals surface area contributed by atoms with Crippen molar-refractivity contribution in [2.24, 2.45) is 0 Å². The number of halogens is 5. The van der Waals surface area contributed by atoms with Gasteiger partial charge in [-0.25, -0.2) is 27.8 Å². The molecular weight excluding hydrogens is 618 g/mol. The van der Waals surface area contributed by atoms with Crippen molar-refractivity contribution in [3.8, 4) is 22.6 Å². The Labute approximate surface area is 248 Å². The number of aromatic nitrogens is 3. The molecule has 43 heavy (non-hydrogen) atoms. The zero-order valence-electron chi connectivity index (χ0n) is 22.4. The summed E-state index contributed by atoms with van der Waals surface area (Å²) in [4.78, 5) is 25.8. The Morgan fingerprint density at radius 3 is 2.44 bits per heavy atom. The maximum absolute atomic E-state index is 14.2. The topological polar surface area (TPSA) is 124 Å². The van der Waals surface area contributed by atoms with E-state index in [1.165, 1.54) is 60.9 Å². The molecule has 2 heterocycles. The summed E-state index contributed by atoms with van der Waals surface area (Å²) in [5.41, 5.74) is 0.597. The zero-order valence-corrected chi connectivity index (χ0v) is 24.0. The molecule has 10 nitrogen and oxygen atoms in total. The number of nitrogens with one attached hydrogen (secondary N) is 1. The number of carbonyl (C=O) groups is 1. The van der Waals surface area contributed by atoms with Crippen molar-refractivity contribution in [1.29, 1.82) is 0 Å². The molecule has 0 aliphatic carbocycles. The molecule has 0 fully saturated rings. The van der Waals surface area contributed by atoms with Crippen LogP contribution < -0.4 is 19.1 Å². The van der Waals surface area contributed by atoms with E-state index in [2.05, 4.69) is 24.4 Å². The summed E-state index contributed by atoms with van der Waals surface area (Å²) in [6, 6.07) is 9.99. The maximum Gasteiger partial charge on any atom is 0.422 e. The molecule has 0 spiro atoms. The van der Waals surface area contributed by atoms with E-state index in [0.29, 0.717) is 0 Å². The second-order valence-corrected chi connectivity index (χ2v) is 10.8. The van der Waals surface area contributed by atoms with Crippen molar-refractivity contribution in [3.05, 3.63) is 78.1 Å². The normalized spacial score (nSPS) is 11.6. The highest BCUT2D eigenvalue weighted by atomic mass is 35.5. The van der Waals surface area contributed by atoms with Gasteiger partial charge in [0.25, 0.3) is 10.0 Å². The van der Waals surface area contributed by atoms with Gasteiger partial charge in [0.15, 0.2) is 18.2 Å². The Hall–Kier alpha value is -4.50. The van der Waals surface area contributed by atoms with Gasteiger partial charge in [-0.1, -0.05) is 24.6 Å². The first-order valence-corrected chi connectivity index (χ1v) is 14.1. The van der Waals surface area contributed by atoms with Crippen LogP contribution in [0.3, 0.4) is 0 Å². The molecule has 0 aliphatic rings. The van der Waals surface area contributed by atoms with E-state index in [9.17, 15) is 30.8 Å². The average Bonchev–Trinajstić information content (AvgIpc) is 2.97. The predicted octanol–water partition coefficient (Wildman–Crippen LogP) is 6.16. The highest BCUT2D eigenvalue weighted by Crippen LogP contribution is 2.42. The number of nitrogens with zero attached hydrogens (tertiary/aromatic N) is 4. The Morgan fingerprint density at radius 1 is 1.07 bits per heavy atom. The molecule has 1 N–H and O–H groups in total. The van der Waals surface area contributed by atoms with E-state index in [1.807, 2.05) is 0 Å². The number of sulfonamides is 1. The number of hydrogen-bond acceptors (Lipinski definition) is 8. The first-order valence-electron chi connectivity index (χ1n) is 12.3. The van der Waals surface area contributed by atoms with E-state index >= 15 is 0 Å². The standard InChI is InChI=1S/C27H22ClF4N5O5S/c1-3-26(38)37(25-7-5-17(13-34-25)43(39,40)36-24-8-9-33-15-35-24)21-12-19(28)18(11-23(21)41-2)16-4-6-20(29)22(10-16)42-14-27(30,31)32/h4-13,15H,3,14H2,1-2H3,(H,33,35,36). The first-order chi connectivity index (χ1) is 20.3. The number of hydrogen-bond donors (Lipinski definition) is 1. The molecule has 2 aromatic heterocycles. The fraction of sp³-hybridized carbons (Fsp3) is 0.185. The summed E-state index contributed by atoms with van der Waals surface area (Å²) in [5, 5.41) is 0.0336. The number of carbonyl (C=O) groups excluding carboxylic acids is 1. The second-order valence-electron chi connectivity index (χ2n) is 8.69. The van der Waals surface area contributed by atoms with Crippen LogP contribution in [0, 0.1) is 5.82 Å². The van der Waals surface area contributed by atoms with Gasteiger partial charge in [0.2, 0.25) is 5.91 Å². The number of benzene rings is 2. The summed E-state index contributed by atoms with van der Waals surface area (Å²) in [6.45, 7) is -0.0928. The molecule has 0 unspecified atom stereocenters. The molecule has 4 aromatic rings. The van der Waals surface area contributed by atoms with Crippen molar-refractivity contribution < 1.29 is 40.2 Å². The maximum atomic E-state index is 14.2. The van der Waals surface area contributed by atoms with Gasteiger partial charge in [0, 0.05) is 24.4 Å². The smallest absolute Gasteiger partial charge is 0.422 e. The minimum atomic E-state index is -4.68. The number of amides is 1. The Bertz CT molecular complexity index is 1730. The third kappa shape index (κ3) is 7.48. The number of anilines is 3. The molecule has 0 saturated carbocycles. The summed E-state index contributed by atoms with van der Waals surface area (Å²) in [6.07, 6.45) is -1.07.